The van der Waals surface area contributed by atoms with Crippen LogP contribution < -0.4 is 4.31 Å². The third-order valence-corrected chi connectivity index (χ3v) is 7.29. The first-order chi connectivity index (χ1) is 15.5. The van der Waals surface area contributed by atoms with Crippen molar-refractivity contribution < 1.29 is 26.7 Å². The lowest BCUT2D eigenvalue weighted by Crippen LogP contribution is -2.39. The zero-order valence-corrected chi connectivity index (χ0v) is 18.7. The van der Waals surface area contributed by atoms with Crippen LogP contribution in [0.1, 0.15) is 5.56 Å². The molecule has 0 fully saturated rings. The minimum atomic E-state index is -4.75. The van der Waals surface area contributed by atoms with E-state index in [-0.39, 0.29) is 16.3 Å². The maximum atomic E-state index is 13.5. The number of phenolic OH excluding ortho intramolecular Hbond substituents is 1. The van der Waals surface area contributed by atoms with E-state index in [0.717, 1.165) is 11.1 Å². The van der Waals surface area contributed by atoms with Gasteiger partial charge in [0.1, 0.15) is 12.3 Å². The number of aromatic nitrogens is 1. The van der Waals surface area contributed by atoms with E-state index in [4.69, 9.17) is 0 Å². The minimum absolute atomic E-state index is 0.0968. The van der Waals surface area contributed by atoms with Crippen LogP contribution in [-0.2, 0) is 17.1 Å². The molecule has 172 valence electrons. The number of sulfonamides is 1. The number of hydrogen-bond donors (Lipinski definition) is 1. The van der Waals surface area contributed by atoms with Gasteiger partial charge >= 0.3 is 6.18 Å². The fourth-order valence-electron chi connectivity index (χ4n) is 3.87. The van der Waals surface area contributed by atoms with Crippen LogP contribution in [0.5, 0.6) is 5.75 Å². The van der Waals surface area contributed by atoms with Gasteiger partial charge in [-0.1, -0.05) is 24.3 Å². The first-order valence-corrected chi connectivity index (χ1v) is 11.4. The standard InChI is InChI=1S/C24H21F3N2O3S/c1-16-14-19(30)10-11-20(16)17-6-8-18(9-7-17)29(15-24(25,26)27)33(31,32)23-5-3-4-22-21(23)12-13-28(22)2/h3-14,30H,15H2,1-2H3. The van der Waals surface area contributed by atoms with Gasteiger partial charge in [-0.2, -0.15) is 13.2 Å². The quantitative estimate of drug-likeness (QED) is 0.409. The van der Waals surface area contributed by atoms with Crippen molar-refractivity contribution in [2.75, 3.05) is 10.8 Å². The maximum absolute atomic E-state index is 13.5. The SMILES string of the molecule is Cc1cc(O)ccc1-c1ccc(N(CC(F)(F)F)S(=O)(=O)c2cccc3c2ccn3C)cc1. The Kier molecular flexibility index (Phi) is 5.61. The number of nitrogens with zero attached hydrogens (tertiary/aromatic N) is 2. The Morgan fingerprint density at radius 1 is 1.00 bits per heavy atom. The highest BCUT2D eigenvalue weighted by atomic mass is 32.2. The summed E-state index contributed by atoms with van der Waals surface area (Å²) in [4.78, 5) is -0.191. The number of fused-ring (bicyclic) bond motifs is 1. The zero-order chi connectivity index (χ0) is 24.0. The Morgan fingerprint density at radius 3 is 2.33 bits per heavy atom. The summed E-state index contributed by atoms with van der Waals surface area (Å²) in [5.74, 6) is 0.102. The molecule has 1 aromatic heterocycles. The summed E-state index contributed by atoms with van der Waals surface area (Å²) in [6, 6.07) is 16.7. The summed E-state index contributed by atoms with van der Waals surface area (Å²) < 4.78 is 69.4. The first kappa shape index (κ1) is 22.7. The number of aryl methyl sites for hydroxylation is 2. The molecule has 0 aliphatic rings. The molecule has 0 aliphatic heterocycles. The maximum Gasteiger partial charge on any atom is 0.407 e. The predicted molar refractivity (Wildman–Crippen MR) is 122 cm³/mol. The summed E-state index contributed by atoms with van der Waals surface area (Å²) in [6.07, 6.45) is -3.09. The van der Waals surface area contributed by atoms with Crippen molar-refractivity contribution in [1.29, 1.82) is 0 Å². The minimum Gasteiger partial charge on any atom is -0.508 e. The lowest BCUT2D eigenvalue weighted by atomic mass is 10.0. The van der Waals surface area contributed by atoms with E-state index in [9.17, 15) is 26.7 Å². The molecule has 0 saturated heterocycles. The third kappa shape index (κ3) is 4.41. The fraction of sp³-hybridized carbons (Fsp3) is 0.167. The molecule has 0 aliphatic carbocycles. The van der Waals surface area contributed by atoms with Crippen molar-refractivity contribution in [2.45, 2.75) is 18.0 Å². The van der Waals surface area contributed by atoms with Gasteiger partial charge in [0.05, 0.1) is 10.6 Å². The molecule has 5 nitrogen and oxygen atoms in total. The predicted octanol–water partition coefficient (Wildman–Crippen LogP) is 5.62. The van der Waals surface area contributed by atoms with Crippen LogP contribution in [0.25, 0.3) is 22.0 Å². The van der Waals surface area contributed by atoms with Crippen molar-refractivity contribution in [3.8, 4) is 16.9 Å². The number of phenols is 1. The second-order valence-electron chi connectivity index (χ2n) is 7.79. The smallest absolute Gasteiger partial charge is 0.407 e. The van der Waals surface area contributed by atoms with Gasteiger partial charge in [-0.05, 0) is 66.1 Å². The highest BCUT2D eigenvalue weighted by Gasteiger charge is 2.38. The molecule has 0 saturated carbocycles. The van der Waals surface area contributed by atoms with E-state index in [1.165, 1.54) is 30.3 Å². The molecule has 0 amide bonds. The molecule has 4 aromatic rings. The molecule has 3 aromatic carbocycles. The molecule has 9 heteroatoms. The normalized spacial score (nSPS) is 12.3. The number of hydrogen-bond acceptors (Lipinski definition) is 3. The number of alkyl halides is 3. The van der Waals surface area contributed by atoms with E-state index < -0.39 is 22.7 Å². The van der Waals surface area contributed by atoms with Crippen molar-refractivity contribution in [1.82, 2.24) is 4.57 Å². The van der Waals surface area contributed by atoms with Gasteiger partial charge in [0.25, 0.3) is 10.0 Å². The van der Waals surface area contributed by atoms with Gasteiger partial charge in [-0.3, -0.25) is 4.31 Å². The average molecular weight is 475 g/mol. The summed E-state index contributed by atoms with van der Waals surface area (Å²) in [7, 11) is -2.79. The Hall–Kier alpha value is -3.46. The number of benzene rings is 3. The van der Waals surface area contributed by atoms with Crippen molar-refractivity contribution in [3.05, 3.63) is 78.5 Å². The third-order valence-electron chi connectivity index (χ3n) is 5.46. The topological polar surface area (TPSA) is 62.5 Å². The highest BCUT2D eigenvalue weighted by Crippen LogP contribution is 2.34. The summed E-state index contributed by atoms with van der Waals surface area (Å²) in [5, 5.41) is 9.95. The van der Waals surface area contributed by atoms with Gasteiger partial charge in [-0.15, -0.1) is 0 Å². The lowest BCUT2D eigenvalue weighted by molar-refractivity contribution is -0.117. The Morgan fingerprint density at radius 2 is 1.70 bits per heavy atom. The molecule has 1 heterocycles. The molecule has 1 N–H and O–H groups in total. The summed E-state index contributed by atoms with van der Waals surface area (Å²) in [6.45, 7) is 0.139. The van der Waals surface area contributed by atoms with Crippen LogP contribution in [-0.4, -0.2) is 30.8 Å². The van der Waals surface area contributed by atoms with E-state index in [1.54, 1.807) is 61.1 Å². The van der Waals surface area contributed by atoms with Gasteiger partial charge in [0.2, 0.25) is 0 Å². The van der Waals surface area contributed by atoms with Crippen LogP contribution in [0.3, 0.4) is 0 Å². The van der Waals surface area contributed by atoms with Gasteiger partial charge in [-0.25, -0.2) is 8.42 Å². The lowest BCUT2D eigenvalue weighted by Gasteiger charge is -2.26. The van der Waals surface area contributed by atoms with E-state index in [1.807, 2.05) is 0 Å². The second-order valence-corrected chi connectivity index (χ2v) is 9.62. The largest absolute Gasteiger partial charge is 0.508 e. The molecule has 0 spiro atoms. The highest BCUT2D eigenvalue weighted by molar-refractivity contribution is 7.93. The van der Waals surface area contributed by atoms with Gasteiger partial charge in [0, 0.05) is 24.1 Å². The Bertz CT molecular complexity index is 1430. The van der Waals surface area contributed by atoms with E-state index >= 15 is 0 Å². The number of rotatable bonds is 5. The summed E-state index contributed by atoms with van der Waals surface area (Å²) in [5.41, 5.74) is 2.74. The Labute approximate surface area is 189 Å². The van der Waals surface area contributed by atoms with Crippen LogP contribution in [0.15, 0.2) is 77.8 Å². The number of halogens is 3. The molecular weight excluding hydrogens is 453 g/mol. The molecule has 4 rings (SSSR count). The van der Waals surface area contributed by atoms with Gasteiger partial charge in [0.15, 0.2) is 0 Å². The van der Waals surface area contributed by atoms with E-state index in [0.29, 0.717) is 20.8 Å². The monoisotopic (exact) mass is 474 g/mol. The van der Waals surface area contributed by atoms with Crippen molar-refractivity contribution in [3.63, 3.8) is 0 Å². The second kappa shape index (κ2) is 8.15. The Balaban J connectivity index is 1.81. The van der Waals surface area contributed by atoms with E-state index in [2.05, 4.69) is 0 Å². The average Bonchev–Trinajstić information content (AvgIpc) is 3.13. The fourth-order valence-corrected chi connectivity index (χ4v) is 5.53. The first-order valence-electron chi connectivity index (χ1n) is 10.0. The molecular formula is C24H21F3N2O3S. The summed E-state index contributed by atoms with van der Waals surface area (Å²) >= 11 is 0. The van der Waals surface area contributed by atoms with Crippen LogP contribution in [0.4, 0.5) is 18.9 Å². The molecule has 0 radical (unpaired) electrons. The van der Waals surface area contributed by atoms with Crippen molar-refractivity contribution in [2.24, 2.45) is 7.05 Å². The van der Waals surface area contributed by atoms with Crippen molar-refractivity contribution >= 4 is 26.6 Å². The van der Waals surface area contributed by atoms with Crippen LogP contribution >= 0.6 is 0 Å². The molecule has 0 unspecified atom stereocenters. The number of anilines is 1. The van der Waals surface area contributed by atoms with Crippen LogP contribution in [0, 0.1) is 6.92 Å². The van der Waals surface area contributed by atoms with Gasteiger partial charge < -0.3 is 9.67 Å². The number of aromatic hydroxyl groups is 1. The molecule has 33 heavy (non-hydrogen) atoms. The molecule has 0 atom stereocenters. The molecule has 0 bridgehead atoms. The zero-order valence-electron chi connectivity index (χ0n) is 17.8. The van der Waals surface area contributed by atoms with Crippen LogP contribution in [0.2, 0.25) is 0 Å².